The van der Waals surface area contributed by atoms with Gasteiger partial charge in [0.15, 0.2) is 4.88 Å². The Hall–Kier alpha value is -1.08. The highest BCUT2D eigenvalue weighted by molar-refractivity contribution is 7.10. The van der Waals surface area contributed by atoms with Gasteiger partial charge in [0.05, 0.1) is 5.51 Å². The highest BCUT2D eigenvalue weighted by Gasteiger charge is 1.98. The summed E-state index contributed by atoms with van der Waals surface area (Å²) >= 11 is 1.13. The van der Waals surface area contributed by atoms with E-state index in [1.165, 1.54) is 5.51 Å². The fraction of sp³-hybridized carbons (Fsp3) is 0. The smallest absolute Gasteiger partial charge is 0.240 e. The van der Waals surface area contributed by atoms with Crippen LogP contribution in [0.25, 0.3) is 0 Å². The fourth-order valence-electron chi connectivity index (χ4n) is 0.317. The Labute approximate surface area is 49.8 Å². The number of hydrogen-bond donors (Lipinski definition) is 1. The van der Waals surface area contributed by atoms with E-state index in [9.17, 15) is 0 Å². The quantitative estimate of drug-likeness (QED) is 0.557. The van der Waals surface area contributed by atoms with E-state index in [1.807, 2.05) is 0 Å². The molecule has 0 bridgehead atoms. The second-order valence-electron chi connectivity index (χ2n) is 1.12. The molecule has 0 saturated heterocycles. The van der Waals surface area contributed by atoms with Crippen molar-refractivity contribution in [1.82, 2.24) is 4.98 Å². The fourth-order valence-corrected chi connectivity index (χ4v) is 0.785. The van der Waals surface area contributed by atoms with Gasteiger partial charge in [-0.25, -0.2) is 4.98 Å². The van der Waals surface area contributed by atoms with Gasteiger partial charge in [-0.3, -0.25) is 0 Å². The third-order valence-corrected chi connectivity index (χ3v) is 1.37. The first kappa shape index (κ1) is 5.06. The molecule has 1 heterocycles. The average molecular weight is 126 g/mol. The van der Waals surface area contributed by atoms with E-state index >= 15 is 0 Å². The van der Waals surface area contributed by atoms with Crippen LogP contribution in [0.4, 0.5) is 0 Å². The largest absolute Gasteiger partial charge is 0.492 e. The molecular weight excluding hydrogens is 124 g/mol. The van der Waals surface area contributed by atoms with Crippen LogP contribution in [0.15, 0.2) is 5.51 Å². The maximum Gasteiger partial charge on any atom is 0.240 e. The minimum absolute atomic E-state index is 0.169. The summed E-state index contributed by atoms with van der Waals surface area (Å²) in [6, 6.07) is 1.78. The summed E-state index contributed by atoms with van der Waals surface area (Å²) in [5.74, 6) is -0.169. The third kappa shape index (κ3) is 0.634. The number of hydrogen-bond acceptors (Lipinski definition) is 4. The molecule has 1 rings (SSSR count). The van der Waals surface area contributed by atoms with Gasteiger partial charge in [0.25, 0.3) is 0 Å². The average Bonchev–Trinajstić information content (AvgIpc) is 2.14. The molecule has 1 aromatic rings. The van der Waals surface area contributed by atoms with Crippen molar-refractivity contribution in [2.24, 2.45) is 0 Å². The Morgan fingerprint density at radius 3 is 2.88 bits per heavy atom. The number of nitriles is 1. The van der Waals surface area contributed by atoms with Crippen LogP contribution in [0, 0.1) is 11.3 Å². The van der Waals surface area contributed by atoms with Crippen LogP contribution in [0.5, 0.6) is 5.88 Å². The third-order valence-electron chi connectivity index (χ3n) is 0.650. The predicted molar refractivity (Wildman–Crippen MR) is 28.5 cm³/mol. The first-order valence-electron chi connectivity index (χ1n) is 1.87. The number of aromatic nitrogens is 1. The van der Waals surface area contributed by atoms with Crippen molar-refractivity contribution in [2.75, 3.05) is 0 Å². The molecule has 0 saturated carbocycles. The Kier molecular flexibility index (Phi) is 1.14. The second-order valence-corrected chi connectivity index (χ2v) is 1.97. The standard InChI is InChI=1S/C4H2N2OS/c5-1-3-4(7)6-2-8-3/h2,7H. The zero-order chi connectivity index (χ0) is 5.98. The summed E-state index contributed by atoms with van der Waals surface area (Å²) < 4.78 is 0. The Bertz CT molecular complexity index is 224. The minimum atomic E-state index is -0.169. The maximum absolute atomic E-state index is 8.63. The van der Waals surface area contributed by atoms with Crippen molar-refractivity contribution >= 4 is 11.3 Å². The molecule has 0 aliphatic rings. The van der Waals surface area contributed by atoms with Gasteiger partial charge in [-0.05, 0) is 0 Å². The molecule has 1 N–H and O–H groups in total. The molecule has 0 amide bonds. The van der Waals surface area contributed by atoms with Crippen LogP contribution < -0.4 is 0 Å². The first-order chi connectivity index (χ1) is 3.84. The number of thiazole rings is 1. The van der Waals surface area contributed by atoms with E-state index in [4.69, 9.17) is 10.4 Å². The van der Waals surface area contributed by atoms with Crippen molar-refractivity contribution in [2.45, 2.75) is 0 Å². The van der Waals surface area contributed by atoms with Crippen LogP contribution in [-0.4, -0.2) is 10.1 Å². The maximum atomic E-state index is 8.63. The Morgan fingerprint density at radius 1 is 1.88 bits per heavy atom. The normalized spacial score (nSPS) is 8.38. The topological polar surface area (TPSA) is 56.9 Å². The summed E-state index contributed by atoms with van der Waals surface area (Å²) in [5.41, 5.74) is 1.42. The van der Waals surface area contributed by atoms with Gasteiger partial charge in [0, 0.05) is 0 Å². The molecule has 0 unspecified atom stereocenters. The van der Waals surface area contributed by atoms with E-state index in [0.29, 0.717) is 0 Å². The molecule has 3 nitrogen and oxygen atoms in total. The van der Waals surface area contributed by atoms with Gasteiger partial charge in [-0.2, -0.15) is 5.26 Å². The Morgan fingerprint density at radius 2 is 2.62 bits per heavy atom. The van der Waals surface area contributed by atoms with E-state index in [-0.39, 0.29) is 10.8 Å². The molecule has 0 spiro atoms. The van der Waals surface area contributed by atoms with Gasteiger partial charge >= 0.3 is 0 Å². The van der Waals surface area contributed by atoms with Crippen molar-refractivity contribution in [3.05, 3.63) is 10.4 Å². The van der Waals surface area contributed by atoms with Crippen LogP contribution in [0.3, 0.4) is 0 Å². The van der Waals surface area contributed by atoms with Crippen LogP contribution in [0.2, 0.25) is 0 Å². The van der Waals surface area contributed by atoms with Gasteiger partial charge < -0.3 is 5.11 Å². The molecule has 0 aromatic carbocycles. The zero-order valence-corrected chi connectivity index (χ0v) is 4.64. The molecule has 0 radical (unpaired) electrons. The molecule has 0 aliphatic heterocycles. The summed E-state index contributed by atoms with van der Waals surface area (Å²) in [4.78, 5) is 3.71. The van der Waals surface area contributed by atoms with Crippen LogP contribution in [-0.2, 0) is 0 Å². The Balaban J connectivity index is 3.15. The monoisotopic (exact) mass is 126 g/mol. The summed E-state index contributed by atoms with van der Waals surface area (Å²) in [5, 5.41) is 16.8. The number of rotatable bonds is 0. The van der Waals surface area contributed by atoms with Crippen molar-refractivity contribution in [3.8, 4) is 11.9 Å². The first-order valence-corrected chi connectivity index (χ1v) is 2.75. The lowest BCUT2D eigenvalue weighted by Crippen LogP contribution is -1.63. The van der Waals surface area contributed by atoms with Crippen LogP contribution in [0.1, 0.15) is 4.88 Å². The summed E-state index contributed by atoms with van der Waals surface area (Å²) in [6.45, 7) is 0. The molecular formula is C4H2N2OS. The zero-order valence-electron chi connectivity index (χ0n) is 3.83. The van der Waals surface area contributed by atoms with Gasteiger partial charge in [0.1, 0.15) is 6.07 Å². The second kappa shape index (κ2) is 1.80. The number of aromatic hydroxyl groups is 1. The van der Waals surface area contributed by atoms with Crippen molar-refractivity contribution in [1.29, 1.82) is 5.26 Å². The lowest BCUT2D eigenvalue weighted by atomic mass is 10.6. The minimum Gasteiger partial charge on any atom is -0.492 e. The molecule has 0 aliphatic carbocycles. The molecule has 0 fully saturated rings. The van der Waals surface area contributed by atoms with E-state index in [1.54, 1.807) is 6.07 Å². The van der Waals surface area contributed by atoms with E-state index in [2.05, 4.69) is 4.98 Å². The van der Waals surface area contributed by atoms with Crippen molar-refractivity contribution in [3.63, 3.8) is 0 Å². The summed E-state index contributed by atoms with van der Waals surface area (Å²) in [7, 11) is 0. The highest BCUT2D eigenvalue weighted by atomic mass is 32.1. The van der Waals surface area contributed by atoms with E-state index in [0.717, 1.165) is 11.3 Å². The van der Waals surface area contributed by atoms with E-state index < -0.39 is 0 Å². The summed E-state index contributed by atoms with van der Waals surface area (Å²) in [6.07, 6.45) is 0. The van der Waals surface area contributed by atoms with Gasteiger partial charge in [-0.1, -0.05) is 0 Å². The number of nitrogens with zero attached hydrogens (tertiary/aromatic N) is 2. The van der Waals surface area contributed by atoms with Gasteiger partial charge in [0.2, 0.25) is 5.88 Å². The molecule has 40 valence electrons. The highest BCUT2D eigenvalue weighted by Crippen LogP contribution is 2.16. The van der Waals surface area contributed by atoms with Crippen LogP contribution >= 0.6 is 11.3 Å². The van der Waals surface area contributed by atoms with Crippen molar-refractivity contribution < 1.29 is 5.11 Å². The lowest BCUT2D eigenvalue weighted by Gasteiger charge is -1.74. The van der Waals surface area contributed by atoms with Gasteiger partial charge in [-0.15, -0.1) is 11.3 Å². The molecule has 8 heavy (non-hydrogen) atoms. The molecule has 4 heteroatoms. The lowest BCUT2D eigenvalue weighted by molar-refractivity contribution is 0.456. The predicted octanol–water partition coefficient (Wildman–Crippen LogP) is 0.720. The SMILES string of the molecule is N#Cc1scnc1O. The molecule has 1 aromatic heterocycles. The molecule has 0 atom stereocenters.